The first-order valence-corrected chi connectivity index (χ1v) is 10.2. The molecule has 0 atom stereocenters. The summed E-state index contributed by atoms with van der Waals surface area (Å²) in [6.07, 6.45) is 7.38. The minimum Gasteiger partial charge on any atom is -0.508 e. The number of hydrogen-bond donors (Lipinski definition) is 1. The lowest BCUT2D eigenvalue weighted by Crippen LogP contribution is -2.08. The van der Waals surface area contributed by atoms with E-state index in [4.69, 9.17) is 9.72 Å². The molecular weight excluding hydrogens is 336 g/mol. The van der Waals surface area contributed by atoms with Gasteiger partial charge >= 0.3 is 0 Å². The second kappa shape index (κ2) is 6.59. The van der Waals surface area contributed by atoms with Crippen LogP contribution in [0.1, 0.15) is 56.2 Å². The predicted octanol–water partition coefficient (Wildman–Crippen LogP) is 5.41. The molecule has 0 spiro atoms. The molecule has 1 fully saturated rings. The smallest absolute Gasteiger partial charge is 0.141 e. The Morgan fingerprint density at radius 2 is 2.00 bits per heavy atom. The monoisotopic (exact) mass is 362 g/mol. The normalized spacial score (nSPS) is 17.2. The van der Waals surface area contributed by atoms with Crippen LogP contribution in [0, 0.1) is 0 Å². The van der Waals surface area contributed by atoms with Crippen LogP contribution >= 0.6 is 0 Å². The molecule has 3 aromatic rings. The molecule has 3 heterocycles. The van der Waals surface area contributed by atoms with Crippen LogP contribution in [0.2, 0.25) is 0 Å². The van der Waals surface area contributed by atoms with E-state index in [0.29, 0.717) is 12.5 Å². The largest absolute Gasteiger partial charge is 0.508 e. The summed E-state index contributed by atoms with van der Waals surface area (Å²) < 4.78 is 8.37. The average molecular weight is 362 g/mol. The van der Waals surface area contributed by atoms with Gasteiger partial charge in [-0.05, 0) is 55.0 Å². The van der Waals surface area contributed by atoms with Gasteiger partial charge in [0.25, 0.3) is 0 Å². The molecule has 0 radical (unpaired) electrons. The Bertz CT molecular complexity index is 999. The Kier molecular flexibility index (Phi) is 4.07. The van der Waals surface area contributed by atoms with Gasteiger partial charge in [0.2, 0.25) is 0 Å². The van der Waals surface area contributed by atoms with Crippen molar-refractivity contribution in [2.24, 2.45) is 0 Å². The summed E-state index contributed by atoms with van der Waals surface area (Å²) in [7, 11) is 0. The Hall–Kier alpha value is -2.49. The Morgan fingerprint density at radius 3 is 2.81 bits per heavy atom. The maximum atomic E-state index is 9.96. The summed E-state index contributed by atoms with van der Waals surface area (Å²) in [4.78, 5) is 5.01. The van der Waals surface area contributed by atoms with Crippen molar-refractivity contribution >= 4 is 11.0 Å². The van der Waals surface area contributed by atoms with E-state index in [9.17, 15) is 5.11 Å². The number of pyridine rings is 1. The Labute approximate surface area is 159 Å². The van der Waals surface area contributed by atoms with E-state index in [-0.39, 0.29) is 5.75 Å². The highest BCUT2D eigenvalue weighted by Crippen LogP contribution is 2.47. The number of rotatable bonds is 2. The Balaban J connectivity index is 1.83. The van der Waals surface area contributed by atoms with Gasteiger partial charge in [0.15, 0.2) is 0 Å². The van der Waals surface area contributed by atoms with Gasteiger partial charge in [-0.15, -0.1) is 0 Å². The van der Waals surface area contributed by atoms with E-state index in [1.165, 1.54) is 48.7 Å². The lowest BCUT2D eigenvalue weighted by molar-refractivity contribution is 0.306. The topological polar surface area (TPSA) is 47.3 Å². The zero-order chi connectivity index (χ0) is 18.4. The standard InChI is InChI=1S/C23H26N2O2/c1-2-16-8-10-19-21(15-6-4-3-5-7-15)22-18-11-9-17(26)14-20(18)27-13-12-25(22)23(19)24-16/h8-11,14-15,26H,2-7,12-13H2,1H3. The maximum Gasteiger partial charge on any atom is 0.141 e. The molecule has 140 valence electrons. The lowest BCUT2D eigenvalue weighted by atomic mass is 9.82. The van der Waals surface area contributed by atoms with Crippen LogP contribution < -0.4 is 4.74 Å². The maximum absolute atomic E-state index is 9.96. The highest BCUT2D eigenvalue weighted by atomic mass is 16.5. The summed E-state index contributed by atoms with van der Waals surface area (Å²) in [5.41, 5.74) is 6.01. The molecule has 2 aromatic heterocycles. The van der Waals surface area contributed by atoms with Crippen LogP contribution in [-0.4, -0.2) is 21.3 Å². The van der Waals surface area contributed by atoms with E-state index in [1.807, 2.05) is 6.07 Å². The van der Waals surface area contributed by atoms with Crippen LogP contribution in [0.4, 0.5) is 0 Å². The molecule has 1 aliphatic carbocycles. The highest BCUT2D eigenvalue weighted by Gasteiger charge is 2.29. The van der Waals surface area contributed by atoms with Gasteiger partial charge < -0.3 is 14.4 Å². The number of benzene rings is 1. The number of aryl methyl sites for hydroxylation is 1. The van der Waals surface area contributed by atoms with Crippen molar-refractivity contribution in [2.45, 2.75) is 57.9 Å². The number of phenolic OH excluding ortho intramolecular Hbond substituents is 1. The fourth-order valence-electron chi connectivity index (χ4n) is 4.87. The molecule has 0 unspecified atom stereocenters. The van der Waals surface area contributed by atoms with Crippen molar-refractivity contribution in [1.29, 1.82) is 0 Å². The van der Waals surface area contributed by atoms with Crippen LogP contribution in [0.3, 0.4) is 0 Å². The fraction of sp³-hybridized carbons (Fsp3) is 0.435. The molecule has 0 amide bonds. The van der Waals surface area contributed by atoms with E-state index >= 15 is 0 Å². The van der Waals surface area contributed by atoms with Crippen LogP contribution in [0.15, 0.2) is 30.3 Å². The second-order valence-electron chi connectivity index (χ2n) is 7.81. The van der Waals surface area contributed by atoms with Crippen molar-refractivity contribution in [3.63, 3.8) is 0 Å². The molecular formula is C23H26N2O2. The molecule has 1 N–H and O–H groups in total. The second-order valence-corrected chi connectivity index (χ2v) is 7.81. The summed E-state index contributed by atoms with van der Waals surface area (Å²) in [6, 6.07) is 9.99. The average Bonchev–Trinajstić information content (AvgIpc) is 2.90. The first-order valence-electron chi connectivity index (χ1n) is 10.2. The molecule has 4 heteroatoms. The Morgan fingerprint density at radius 1 is 1.15 bits per heavy atom. The van der Waals surface area contributed by atoms with E-state index in [0.717, 1.165) is 35.6 Å². The predicted molar refractivity (Wildman–Crippen MR) is 108 cm³/mol. The summed E-state index contributed by atoms with van der Waals surface area (Å²) >= 11 is 0. The third kappa shape index (κ3) is 2.70. The minimum absolute atomic E-state index is 0.254. The highest BCUT2D eigenvalue weighted by molar-refractivity contribution is 5.92. The summed E-state index contributed by atoms with van der Waals surface area (Å²) in [6.45, 7) is 3.53. The number of phenols is 1. The number of fused-ring (bicyclic) bond motifs is 5. The van der Waals surface area contributed by atoms with Crippen molar-refractivity contribution in [2.75, 3.05) is 6.61 Å². The van der Waals surface area contributed by atoms with Crippen LogP contribution in [0.5, 0.6) is 11.5 Å². The van der Waals surface area contributed by atoms with Gasteiger partial charge in [0.1, 0.15) is 23.8 Å². The molecule has 2 aliphatic rings. The van der Waals surface area contributed by atoms with E-state index in [2.05, 4.69) is 23.6 Å². The van der Waals surface area contributed by atoms with Gasteiger partial charge in [-0.25, -0.2) is 4.98 Å². The molecule has 0 bridgehead atoms. The summed E-state index contributed by atoms with van der Waals surface area (Å²) in [5, 5.41) is 11.3. The van der Waals surface area contributed by atoms with Gasteiger partial charge in [-0.2, -0.15) is 0 Å². The number of ether oxygens (including phenoxy) is 1. The van der Waals surface area contributed by atoms with Crippen LogP contribution in [-0.2, 0) is 13.0 Å². The molecule has 4 nitrogen and oxygen atoms in total. The number of aromatic hydroxyl groups is 1. The SMILES string of the molecule is CCc1ccc2c(C3CCCCC3)c3n(c2n1)CCOc1cc(O)ccc1-3. The van der Waals surface area contributed by atoms with Gasteiger partial charge in [-0.3, -0.25) is 0 Å². The number of aromatic nitrogens is 2. The van der Waals surface area contributed by atoms with E-state index in [1.54, 1.807) is 12.1 Å². The van der Waals surface area contributed by atoms with Crippen molar-refractivity contribution in [3.05, 3.63) is 41.6 Å². The number of nitrogens with zero attached hydrogens (tertiary/aromatic N) is 2. The first kappa shape index (κ1) is 16.7. The zero-order valence-corrected chi connectivity index (χ0v) is 15.9. The molecule has 27 heavy (non-hydrogen) atoms. The van der Waals surface area contributed by atoms with Gasteiger partial charge in [0, 0.05) is 22.7 Å². The van der Waals surface area contributed by atoms with E-state index < -0.39 is 0 Å². The fourth-order valence-corrected chi connectivity index (χ4v) is 4.87. The third-order valence-electron chi connectivity index (χ3n) is 6.17. The summed E-state index contributed by atoms with van der Waals surface area (Å²) in [5.74, 6) is 1.61. The molecule has 1 aliphatic heterocycles. The molecule has 0 saturated heterocycles. The lowest BCUT2D eigenvalue weighted by Gasteiger charge is -2.23. The number of hydrogen-bond acceptors (Lipinski definition) is 3. The van der Waals surface area contributed by atoms with Gasteiger partial charge in [-0.1, -0.05) is 26.2 Å². The van der Waals surface area contributed by atoms with Crippen molar-refractivity contribution < 1.29 is 9.84 Å². The van der Waals surface area contributed by atoms with Crippen LogP contribution in [0.25, 0.3) is 22.3 Å². The van der Waals surface area contributed by atoms with Crippen molar-refractivity contribution in [3.8, 4) is 22.8 Å². The third-order valence-corrected chi connectivity index (χ3v) is 6.17. The molecule has 5 rings (SSSR count). The quantitative estimate of drug-likeness (QED) is 0.663. The minimum atomic E-state index is 0.254. The zero-order valence-electron chi connectivity index (χ0n) is 15.9. The molecule has 1 saturated carbocycles. The first-order chi connectivity index (χ1) is 13.3. The van der Waals surface area contributed by atoms with Crippen molar-refractivity contribution in [1.82, 2.24) is 9.55 Å². The van der Waals surface area contributed by atoms with Gasteiger partial charge in [0.05, 0.1) is 12.2 Å². The molecule has 1 aromatic carbocycles.